The van der Waals surface area contributed by atoms with E-state index < -0.39 is 48.4 Å². The van der Waals surface area contributed by atoms with Gasteiger partial charge in [0.1, 0.15) is 5.75 Å². The van der Waals surface area contributed by atoms with Crippen molar-refractivity contribution in [3.05, 3.63) is 83.7 Å². The number of carbonyl (C=O) groups excluding carboxylic acids is 3. The smallest absolute Gasteiger partial charge is 0.460 e. The summed E-state index contributed by atoms with van der Waals surface area (Å²) in [6.45, 7) is 2.71. The van der Waals surface area contributed by atoms with E-state index in [4.69, 9.17) is 14.2 Å². The number of halogens is 8. The van der Waals surface area contributed by atoms with Crippen molar-refractivity contribution in [3.63, 3.8) is 0 Å². The van der Waals surface area contributed by atoms with E-state index in [2.05, 4.69) is 11.7 Å². The fourth-order valence-corrected chi connectivity index (χ4v) is 4.39. The molecule has 0 aliphatic carbocycles. The molecule has 0 aromatic heterocycles. The Bertz CT molecular complexity index is 1590. The Kier molecular flexibility index (Phi) is 13.8. The van der Waals surface area contributed by atoms with Crippen LogP contribution in [-0.4, -0.2) is 55.2 Å². The molecule has 0 radical (unpaired) electrons. The van der Waals surface area contributed by atoms with E-state index in [1.165, 1.54) is 36.4 Å². The average Bonchev–Trinajstić information content (AvgIpc) is 3.07. The van der Waals surface area contributed by atoms with Gasteiger partial charge in [0, 0.05) is 6.42 Å². The van der Waals surface area contributed by atoms with Gasteiger partial charge in [0.05, 0.1) is 30.4 Å². The van der Waals surface area contributed by atoms with Crippen molar-refractivity contribution < 1.29 is 68.5 Å². The van der Waals surface area contributed by atoms with Crippen LogP contribution in [0.4, 0.5) is 35.1 Å². The zero-order valence-electron chi connectivity index (χ0n) is 27.0. The molecule has 1 unspecified atom stereocenters. The Morgan fingerprint density at radius 1 is 0.720 bits per heavy atom. The number of benzene rings is 3. The number of ether oxygens (including phenoxy) is 4. The van der Waals surface area contributed by atoms with Crippen LogP contribution in [0, 0.1) is 5.82 Å². The molecule has 0 spiro atoms. The standard InChI is InChI=1S/C35H34F8O7/c1-3-4-5-6-8-22(2)49-31(45)26-15-18-29(28(36)21-26)50-30(44)25-11-9-23(10-12-25)24-13-16-27(17-14-24)47-19-7-20-48-32(46)33(37,38)34(39,40)35(41,42)43/h9-18,21-22H,3-8,19-20H2,1-2H3. The van der Waals surface area contributed by atoms with Gasteiger partial charge in [-0.1, -0.05) is 50.5 Å². The minimum atomic E-state index is -6.65. The molecular weight excluding hydrogens is 684 g/mol. The normalized spacial score (nSPS) is 12.6. The molecule has 3 aromatic rings. The summed E-state index contributed by atoms with van der Waals surface area (Å²) in [5, 5.41) is 0. The maximum absolute atomic E-state index is 14.7. The molecule has 0 N–H and O–H groups in total. The van der Waals surface area contributed by atoms with Crippen molar-refractivity contribution in [2.24, 2.45) is 0 Å². The van der Waals surface area contributed by atoms with Crippen molar-refractivity contribution in [3.8, 4) is 22.6 Å². The van der Waals surface area contributed by atoms with Crippen LogP contribution in [0.1, 0.15) is 73.1 Å². The summed E-state index contributed by atoms with van der Waals surface area (Å²) in [5.74, 6) is -18.3. The van der Waals surface area contributed by atoms with Crippen LogP contribution in [0.2, 0.25) is 0 Å². The molecule has 3 rings (SSSR count). The summed E-state index contributed by atoms with van der Waals surface area (Å²) in [6, 6.07) is 15.8. The van der Waals surface area contributed by atoms with Gasteiger partial charge in [-0.3, -0.25) is 0 Å². The van der Waals surface area contributed by atoms with E-state index in [0.717, 1.165) is 31.7 Å². The van der Waals surface area contributed by atoms with Gasteiger partial charge in [0.2, 0.25) is 0 Å². The highest BCUT2D eigenvalue weighted by atomic mass is 19.4. The third-order valence-corrected chi connectivity index (χ3v) is 7.25. The number of esters is 3. The van der Waals surface area contributed by atoms with Crippen molar-refractivity contribution in [2.75, 3.05) is 13.2 Å². The Balaban J connectivity index is 1.47. The lowest BCUT2D eigenvalue weighted by molar-refractivity contribution is -0.348. The van der Waals surface area contributed by atoms with E-state index in [9.17, 15) is 49.5 Å². The molecule has 0 amide bonds. The van der Waals surface area contributed by atoms with Crippen LogP contribution in [0.5, 0.6) is 11.5 Å². The topological polar surface area (TPSA) is 88.1 Å². The predicted molar refractivity (Wildman–Crippen MR) is 164 cm³/mol. The first kappa shape index (κ1) is 39.7. The van der Waals surface area contributed by atoms with E-state index in [1.54, 1.807) is 31.2 Å². The van der Waals surface area contributed by atoms with Gasteiger partial charge in [0.25, 0.3) is 0 Å². The molecule has 272 valence electrons. The molecule has 0 saturated heterocycles. The quantitative estimate of drug-likeness (QED) is 0.0595. The third kappa shape index (κ3) is 10.4. The van der Waals surface area contributed by atoms with E-state index in [1.807, 2.05) is 0 Å². The number of hydrogen-bond acceptors (Lipinski definition) is 7. The zero-order chi connectivity index (χ0) is 37.1. The molecular formula is C35H34F8O7. The van der Waals surface area contributed by atoms with Gasteiger partial charge in [0.15, 0.2) is 11.6 Å². The van der Waals surface area contributed by atoms with Crippen molar-refractivity contribution in [1.82, 2.24) is 0 Å². The van der Waals surface area contributed by atoms with Crippen LogP contribution in [0.25, 0.3) is 11.1 Å². The van der Waals surface area contributed by atoms with Crippen molar-refractivity contribution in [2.45, 2.75) is 76.5 Å². The van der Waals surface area contributed by atoms with E-state index in [0.29, 0.717) is 17.5 Å². The van der Waals surface area contributed by atoms with Crippen molar-refractivity contribution >= 4 is 17.9 Å². The number of rotatable bonds is 17. The van der Waals surface area contributed by atoms with Crippen LogP contribution in [0.3, 0.4) is 0 Å². The van der Waals surface area contributed by atoms with E-state index in [-0.39, 0.29) is 41.8 Å². The maximum Gasteiger partial charge on any atom is 0.460 e. The van der Waals surface area contributed by atoms with Crippen LogP contribution in [0.15, 0.2) is 66.7 Å². The average molecular weight is 719 g/mol. The fraction of sp³-hybridized carbons (Fsp3) is 0.400. The largest absolute Gasteiger partial charge is 0.493 e. The second-order valence-corrected chi connectivity index (χ2v) is 11.2. The highest BCUT2D eigenvalue weighted by Crippen LogP contribution is 2.47. The summed E-state index contributed by atoms with van der Waals surface area (Å²) in [4.78, 5) is 36.2. The molecule has 0 heterocycles. The summed E-state index contributed by atoms with van der Waals surface area (Å²) in [6.07, 6.45) is -2.47. The highest BCUT2D eigenvalue weighted by Gasteiger charge is 2.77. The van der Waals surface area contributed by atoms with Crippen LogP contribution >= 0.6 is 0 Å². The number of hydrogen-bond donors (Lipinski definition) is 0. The second kappa shape index (κ2) is 17.3. The maximum atomic E-state index is 14.7. The number of unbranched alkanes of at least 4 members (excludes halogenated alkanes) is 3. The molecule has 50 heavy (non-hydrogen) atoms. The zero-order valence-corrected chi connectivity index (χ0v) is 27.0. The minimum absolute atomic E-state index is 0.0191. The van der Waals surface area contributed by atoms with Crippen LogP contribution in [-0.2, 0) is 14.3 Å². The lowest BCUT2D eigenvalue weighted by atomic mass is 10.0. The summed E-state index contributed by atoms with van der Waals surface area (Å²) in [7, 11) is 0. The molecule has 0 fully saturated rings. The first-order chi connectivity index (χ1) is 23.5. The molecule has 3 aromatic carbocycles. The van der Waals surface area contributed by atoms with Gasteiger partial charge in [-0.2, -0.15) is 30.7 Å². The Labute approximate surface area is 282 Å². The first-order valence-electron chi connectivity index (χ1n) is 15.5. The Morgan fingerprint density at radius 2 is 1.32 bits per heavy atom. The van der Waals surface area contributed by atoms with Gasteiger partial charge >= 0.3 is 35.9 Å². The second-order valence-electron chi connectivity index (χ2n) is 11.2. The highest BCUT2D eigenvalue weighted by molar-refractivity contribution is 5.92. The van der Waals surface area contributed by atoms with Gasteiger partial charge in [-0.05, 0) is 73.4 Å². The molecule has 0 aliphatic heterocycles. The Hall–Kier alpha value is -4.69. The number of alkyl halides is 7. The summed E-state index contributed by atoms with van der Waals surface area (Å²) in [5.41, 5.74) is 1.41. The lowest BCUT2D eigenvalue weighted by Crippen LogP contribution is -2.56. The van der Waals surface area contributed by atoms with Crippen LogP contribution < -0.4 is 9.47 Å². The van der Waals surface area contributed by atoms with Gasteiger partial charge in [-0.25, -0.2) is 18.8 Å². The van der Waals surface area contributed by atoms with Gasteiger partial charge < -0.3 is 18.9 Å². The molecule has 7 nitrogen and oxygen atoms in total. The lowest BCUT2D eigenvalue weighted by Gasteiger charge is -2.26. The Morgan fingerprint density at radius 3 is 1.90 bits per heavy atom. The first-order valence-corrected chi connectivity index (χ1v) is 15.5. The fourth-order valence-electron chi connectivity index (χ4n) is 4.39. The molecule has 1 atom stereocenters. The minimum Gasteiger partial charge on any atom is -0.493 e. The molecule has 0 saturated carbocycles. The molecule has 0 bridgehead atoms. The van der Waals surface area contributed by atoms with Gasteiger partial charge in [-0.15, -0.1) is 0 Å². The third-order valence-electron chi connectivity index (χ3n) is 7.25. The molecule has 0 aliphatic rings. The number of carbonyl (C=O) groups is 3. The van der Waals surface area contributed by atoms with Crippen molar-refractivity contribution in [1.29, 1.82) is 0 Å². The monoisotopic (exact) mass is 718 g/mol. The SMILES string of the molecule is CCCCCCC(C)OC(=O)c1ccc(OC(=O)c2ccc(-c3ccc(OCCCOC(=O)C(F)(F)C(F)(F)C(F)(F)F)cc3)cc2)c(F)c1. The van der Waals surface area contributed by atoms with E-state index >= 15 is 0 Å². The molecule has 15 heteroatoms. The summed E-state index contributed by atoms with van der Waals surface area (Å²) >= 11 is 0. The predicted octanol–water partition coefficient (Wildman–Crippen LogP) is 9.37. The summed E-state index contributed by atoms with van der Waals surface area (Å²) < 4.78 is 123.